The highest BCUT2D eigenvalue weighted by Crippen LogP contribution is 2.28. The number of aryl methyl sites for hydroxylation is 1. The van der Waals surface area contributed by atoms with Crippen molar-refractivity contribution in [2.45, 2.75) is 32.2 Å². The fourth-order valence-corrected chi connectivity index (χ4v) is 3.07. The van der Waals surface area contributed by atoms with Crippen LogP contribution < -0.4 is 5.32 Å². The van der Waals surface area contributed by atoms with Crippen LogP contribution in [0.3, 0.4) is 0 Å². The van der Waals surface area contributed by atoms with Crippen molar-refractivity contribution in [3.05, 3.63) is 95.4 Å². The lowest BCUT2D eigenvalue weighted by Gasteiger charge is -2.19. The first-order valence-corrected chi connectivity index (χ1v) is 8.62. The lowest BCUT2D eigenvalue weighted by atomic mass is 9.92. The van der Waals surface area contributed by atoms with Crippen molar-refractivity contribution >= 4 is 0 Å². The second-order valence-electron chi connectivity index (χ2n) is 6.35. The van der Waals surface area contributed by atoms with Gasteiger partial charge in [-0.1, -0.05) is 60.2 Å². The van der Waals surface area contributed by atoms with Gasteiger partial charge in [-0.3, -0.25) is 0 Å². The lowest BCUT2D eigenvalue weighted by Crippen LogP contribution is -2.21. The molecule has 0 radical (unpaired) electrons. The summed E-state index contributed by atoms with van der Waals surface area (Å²) in [6.07, 6.45) is 2.77. The van der Waals surface area contributed by atoms with E-state index in [-0.39, 0.29) is 5.92 Å². The SMILES string of the molecule is Cc1ccc([C@H](CCN[C@H](C)c2ccccc2)c2ccco2)cc1. The molecular weight excluding hydrogens is 294 g/mol. The monoisotopic (exact) mass is 319 g/mol. The first-order valence-electron chi connectivity index (χ1n) is 8.62. The molecule has 124 valence electrons. The standard InChI is InChI=1S/C22H25NO/c1-17-10-12-20(13-11-17)21(22-9-6-16-24-22)14-15-23-18(2)19-7-4-3-5-8-19/h3-13,16,18,21,23H,14-15H2,1-2H3/t18-,21+/m1/s1. The van der Waals surface area contributed by atoms with Crippen LogP contribution in [0.25, 0.3) is 0 Å². The van der Waals surface area contributed by atoms with Crippen LogP contribution in [0.1, 0.15) is 47.8 Å². The molecule has 1 N–H and O–H groups in total. The van der Waals surface area contributed by atoms with Crippen LogP contribution in [-0.2, 0) is 0 Å². The van der Waals surface area contributed by atoms with Crippen LogP contribution >= 0.6 is 0 Å². The predicted octanol–water partition coefficient (Wildman–Crippen LogP) is 5.46. The van der Waals surface area contributed by atoms with Crippen molar-refractivity contribution < 1.29 is 4.42 Å². The van der Waals surface area contributed by atoms with E-state index in [0.717, 1.165) is 18.7 Å². The maximum Gasteiger partial charge on any atom is 0.111 e. The molecule has 3 rings (SSSR count). The largest absolute Gasteiger partial charge is 0.469 e. The Morgan fingerprint density at radius 2 is 1.62 bits per heavy atom. The normalized spacial score (nSPS) is 13.6. The Hall–Kier alpha value is -2.32. The maximum atomic E-state index is 5.69. The molecule has 24 heavy (non-hydrogen) atoms. The Labute approximate surface area is 144 Å². The van der Waals surface area contributed by atoms with Crippen molar-refractivity contribution in [2.24, 2.45) is 0 Å². The lowest BCUT2D eigenvalue weighted by molar-refractivity contribution is 0.457. The van der Waals surface area contributed by atoms with Gasteiger partial charge in [0, 0.05) is 12.0 Å². The molecule has 0 saturated heterocycles. The van der Waals surface area contributed by atoms with Gasteiger partial charge in [-0.15, -0.1) is 0 Å². The molecule has 1 aromatic heterocycles. The van der Waals surface area contributed by atoms with Gasteiger partial charge in [0.15, 0.2) is 0 Å². The van der Waals surface area contributed by atoms with E-state index in [4.69, 9.17) is 4.42 Å². The molecule has 2 atom stereocenters. The van der Waals surface area contributed by atoms with Gasteiger partial charge < -0.3 is 9.73 Å². The third-order valence-corrected chi connectivity index (χ3v) is 4.55. The van der Waals surface area contributed by atoms with Crippen molar-refractivity contribution in [1.29, 1.82) is 0 Å². The van der Waals surface area contributed by atoms with Gasteiger partial charge in [0.1, 0.15) is 5.76 Å². The van der Waals surface area contributed by atoms with E-state index < -0.39 is 0 Å². The summed E-state index contributed by atoms with van der Waals surface area (Å²) in [7, 11) is 0. The van der Waals surface area contributed by atoms with Crippen molar-refractivity contribution in [2.75, 3.05) is 6.54 Å². The minimum Gasteiger partial charge on any atom is -0.469 e. The molecule has 2 nitrogen and oxygen atoms in total. The molecule has 0 aliphatic rings. The summed E-state index contributed by atoms with van der Waals surface area (Å²) in [5.41, 5.74) is 3.92. The van der Waals surface area contributed by atoms with Crippen molar-refractivity contribution in [3.63, 3.8) is 0 Å². The summed E-state index contributed by atoms with van der Waals surface area (Å²) in [4.78, 5) is 0. The topological polar surface area (TPSA) is 25.2 Å². The van der Waals surface area contributed by atoms with Crippen LogP contribution in [0.15, 0.2) is 77.4 Å². The van der Waals surface area contributed by atoms with E-state index in [1.165, 1.54) is 16.7 Å². The van der Waals surface area contributed by atoms with Crippen LogP contribution in [0.5, 0.6) is 0 Å². The van der Waals surface area contributed by atoms with Gasteiger partial charge in [-0.05, 0) is 50.1 Å². The molecular formula is C22H25NO. The summed E-state index contributed by atoms with van der Waals surface area (Å²) in [6.45, 7) is 5.27. The minimum atomic E-state index is 0.288. The number of rotatable bonds is 7. The average Bonchev–Trinajstić information content (AvgIpc) is 3.15. The third kappa shape index (κ3) is 4.15. The minimum absolute atomic E-state index is 0.288. The number of hydrogen-bond donors (Lipinski definition) is 1. The summed E-state index contributed by atoms with van der Waals surface area (Å²) >= 11 is 0. The van der Waals surface area contributed by atoms with Crippen LogP contribution in [0, 0.1) is 6.92 Å². The van der Waals surface area contributed by atoms with Crippen molar-refractivity contribution in [3.8, 4) is 0 Å². The van der Waals surface area contributed by atoms with Gasteiger partial charge in [0.25, 0.3) is 0 Å². The van der Waals surface area contributed by atoms with E-state index in [9.17, 15) is 0 Å². The van der Waals surface area contributed by atoms with Gasteiger partial charge in [0.2, 0.25) is 0 Å². The summed E-state index contributed by atoms with van der Waals surface area (Å²) < 4.78 is 5.69. The fraction of sp³-hybridized carbons (Fsp3) is 0.273. The zero-order valence-electron chi connectivity index (χ0n) is 14.4. The highest BCUT2D eigenvalue weighted by atomic mass is 16.3. The third-order valence-electron chi connectivity index (χ3n) is 4.55. The van der Waals surface area contributed by atoms with E-state index in [0.29, 0.717) is 6.04 Å². The van der Waals surface area contributed by atoms with Gasteiger partial charge in [-0.2, -0.15) is 0 Å². The van der Waals surface area contributed by atoms with Gasteiger partial charge in [0.05, 0.1) is 6.26 Å². The number of nitrogens with one attached hydrogen (secondary N) is 1. The number of benzene rings is 2. The highest BCUT2D eigenvalue weighted by Gasteiger charge is 2.17. The molecule has 0 spiro atoms. The number of furan rings is 1. The molecule has 0 aliphatic carbocycles. The molecule has 2 aromatic carbocycles. The van der Waals surface area contributed by atoms with E-state index >= 15 is 0 Å². The highest BCUT2D eigenvalue weighted by molar-refractivity contribution is 5.30. The fourth-order valence-electron chi connectivity index (χ4n) is 3.07. The molecule has 1 heterocycles. The second-order valence-corrected chi connectivity index (χ2v) is 6.35. The summed E-state index contributed by atoms with van der Waals surface area (Å²) in [6, 6.07) is 23.7. The molecule has 0 fully saturated rings. The zero-order valence-corrected chi connectivity index (χ0v) is 14.4. The Morgan fingerprint density at radius 3 is 2.29 bits per heavy atom. The average molecular weight is 319 g/mol. The van der Waals surface area contributed by atoms with Gasteiger partial charge >= 0.3 is 0 Å². The van der Waals surface area contributed by atoms with Crippen LogP contribution in [0.4, 0.5) is 0 Å². The molecule has 0 unspecified atom stereocenters. The number of hydrogen-bond acceptors (Lipinski definition) is 2. The maximum absolute atomic E-state index is 5.69. The Morgan fingerprint density at radius 1 is 0.875 bits per heavy atom. The smallest absolute Gasteiger partial charge is 0.111 e. The zero-order chi connectivity index (χ0) is 16.8. The first kappa shape index (κ1) is 16.5. The molecule has 0 bridgehead atoms. The molecule has 0 saturated carbocycles. The Balaban J connectivity index is 1.66. The van der Waals surface area contributed by atoms with Crippen LogP contribution in [0.2, 0.25) is 0 Å². The summed E-state index contributed by atoms with van der Waals surface area (Å²) in [5.74, 6) is 1.32. The molecule has 2 heteroatoms. The van der Waals surface area contributed by atoms with Crippen molar-refractivity contribution in [1.82, 2.24) is 5.32 Å². The quantitative estimate of drug-likeness (QED) is 0.625. The summed E-state index contributed by atoms with van der Waals surface area (Å²) in [5, 5.41) is 3.63. The van der Waals surface area contributed by atoms with E-state index in [1.807, 2.05) is 6.07 Å². The molecule has 0 aliphatic heterocycles. The predicted molar refractivity (Wildman–Crippen MR) is 99.2 cm³/mol. The molecule has 3 aromatic rings. The van der Waals surface area contributed by atoms with Crippen LogP contribution in [-0.4, -0.2) is 6.54 Å². The second kappa shape index (κ2) is 7.98. The van der Waals surface area contributed by atoms with Gasteiger partial charge in [-0.25, -0.2) is 0 Å². The first-order chi connectivity index (χ1) is 11.7. The Bertz CT molecular complexity index is 716. The van der Waals surface area contributed by atoms with E-state index in [2.05, 4.69) is 79.8 Å². The van der Waals surface area contributed by atoms with E-state index in [1.54, 1.807) is 6.26 Å². The molecule has 0 amide bonds. The Kier molecular flexibility index (Phi) is 5.50.